The number of aromatic nitrogens is 1. The van der Waals surface area contributed by atoms with Gasteiger partial charge in [-0.15, -0.1) is 0 Å². The van der Waals surface area contributed by atoms with Crippen LogP contribution < -0.4 is 10.6 Å². The number of aromatic hydroxyl groups is 2. The van der Waals surface area contributed by atoms with Gasteiger partial charge in [0, 0.05) is 19.5 Å². The molecule has 0 fully saturated rings. The molecule has 25 heavy (non-hydrogen) atoms. The SMILES string of the molecule is CCNC(=O)c1noc(-c2cc(C(C)C)c(O)cc2O)c1NC(C)=O. The highest BCUT2D eigenvalue weighted by Crippen LogP contribution is 2.41. The van der Waals surface area contributed by atoms with Crippen molar-refractivity contribution in [2.24, 2.45) is 0 Å². The Labute approximate surface area is 144 Å². The van der Waals surface area contributed by atoms with Gasteiger partial charge in [0.2, 0.25) is 5.91 Å². The van der Waals surface area contributed by atoms with Crippen molar-refractivity contribution in [3.05, 3.63) is 23.4 Å². The van der Waals surface area contributed by atoms with Gasteiger partial charge in [0.05, 0.1) is 5.56 Å². The summed E-state index contributed by atoms with van der Waals surface area (Å²) in [6, 6.07) is 2.74. The molecule has 2 rings (SSSR count). The van der Waals surface area contributed by atoms with Crippen LogP contribution in [0.1, 0.15) is 49.7 Å². The Hall–Kier alpha value is -3.03. The molecule has 0 aliphatic carbocycles. The maximum atomic E-state index is 12.1. The van der Waals surface area contributed by atoms with E-state index in [0.717, 1.165) is 0 Å². The first kappa shape index (κ1) is 18.3. The smallest absolute Gasteiger partial charge is 0.275 e. The number of nitrogens with one attached hydrogen (secondary N) is 2. The maximum Gasteiger partial charge on any atom is 0.275 e. The highest BCUT2D eigenvalue weighted by atomic mass is 16.5. The molecule has 0 aliphatic heterocycles. The quantitative estimate of drug-likeness (QED) is 0.659. The lowest BCUT2D eigenvalue weighted by molar-refractivity contribution is -0.114. The molecular formula is C17H21N3O5. The first-order valence-corrected chi connectivity index (χ1v) is 7.87. The predicted molar refractivity (Wildman–Crippen MR) is 91.7 cm³/mol. The summed E-state index contributed by atoms with van der Waals surface area (Å²) in [7, 11) is 0. The van der Waals surface area contributed by atoms with E-state index in [0.29, 0.717) is 12.1 Å². The minimum Gasteiger partial charge on any atom is -0.508 e. The third-order valence-electron chi connectivity index (χ3n) is 3.56. The van der Waals surface area contributed by atoms with Crippen LogP contribution in [0.25, 0.3) is 11.3 Å². The van der Waals surface area contributed by atoms with E-state index in [4.69, 9.17) is 4.52 Å². The van der Waals surface area contributed by atoms with E-state index in [1.807, 2.05) is 13.8 Å². The second kappa shape index (κ2) is 7.25. The number of nitrogens with zero attached hydrogens (tertiary/aromatic N) is 1. The zero-order valence-corrected chi connectivity index (χ0v) is 14.5. The first-order valence-electron chi connectivity index (χ1n) is 7.87. The summed E-state index contributed by atoms with van der Waals surface area (Å²) in [4.78, 5) is 23.6. The van der Waals surface area contributed by atoms with Crippen LogP contribution in [0.5, 0.6) is 11.5 Å². The minimum absolute atomic E-state index is 0.0191. The van der Waals surface area contributed by atoms with Crippen molar-refractivity contribution in [2.75, 3.05) is 11.9 Å². The van der Waals surface area contributed by atoms with Gasteiger partial charge in [-0.05, 0) is 24.5 Å². The topological polar surface area (TPSA) is 125 Å². The van der Waals surface area contributed by atoms with Gasteiger partial charge in [0.25, 0.3) is 5.91 Å². The van der Waals surface area contributed by atoms with E-state index in [2.05, 4.69) is 15.8 Å². The number of rotatable bonds is 5. The molecule has 0 radical (unpaired) electrons. The van der Waals surface area contributed by atoms with Crippen molar-refractivity contribution in [1.82, 2.24) is 10.5 Å². The van der Waals surface area contributed by atoms with Gasteiger partial charge in [-0.3, -0.25) is 9.59 Å². The molecule has 0 bridgehead atoms. The fraction of sp³-hybridized carbons (Fsp3) is 0.353. The second-order valence-electron chi connectivity index (χ2n) is 5.86. The van der Waals surface area contributed by atoms with Gasteiger partial charge in [-0.1, -0.05) is 19.0 Å². The molecule has 1 heterocycles. The van der Waals surface area contributed by atoms with E-state index in [9.17, 15) is 19.8 Å². The van der Waals surface area contributed by atoms with Crippen molar-refractivity contribution in [3.63, 3.8) is 0 Å². The van der Waals surface area contributed by atoms with Gasteiger partial charge >= 0.3 is 0 Å². The number of carbonyl (C=O) groups excluding carboxylic acids is 2. The van der Waals surface area contributed by atoms with Crippen LogP contribution in [-0.2, 0) is 4.79 Å². The number of hydrogen-bond donors (Lipinski definition) is 4. The third-order valence-corrected chi connectivity index (χ3v) is 3.56. The molecule has 2 amide bonds. The lowest BCUT2D eigenvalue weighted by atomic mass is 9.97. The molecule has 0 spiro atoms. The summed E-state index contributed by atoms with van der Waals surface area (Å²) in [5.41, 5.74) is 0.769. The summed E-state index contributed by atoms with van der Waals surface area (Å²) >= 11 is 0. The molecule has 2 aromatic rings. The van der Waals surface area contributed by atoms with Gasteiger partial charge in [0.15, 0.2) is 11.5 Å². The second-order valence-corrected chi connectivity index (χ2v) is 5.86. The Balaban J connectivity index is 2.65. The molecule has 0 saturated carbocycles. The van der Waals surface area contributed by atoms with Crippen molar-refractivity contribution in [1.29, 1.82) is 0 Å². The summed E-state index contributed by atoms with van der Waals surface area (Å²) in [6.45, 7) is 7.17. The zero-order chi connectivity index (χ0) is 18.7. The largest absolute Gasteiger partial charge is 0.508 e. The van der Waals surface area contributed by atoms with Gasteiger partial charge < -0.3 is 25.4 Å². The number of anilines is 1. The molecular weight excluding hydrogens is 326 g/mol. The highest BCUT2D eigenvalue weighted by molar-refractivity contribution is 6.05. The molecule has 0 aliphatic rings. The molecule has 8 nitrogen and oxygen atoms in total. The summed E-state index contributed by atoms with van der Waals surface area (Å²) < 4.78 is 5.24. The number of hydrogen-bond acceptors (Lipinski definition) is 6. The maximum absolute atomic E-state index is 12.1. The van der Waals surface area contributed by atoms with Crippen LogP contribution in [0.3, 0.4) is 0 Å². The van der Waals surface area contributed by atoms with E-state index in [-0.39, 0.29) is 40.1 Å². The number of phenolic OH excluding ortho intramolecular Hbond substituents is 2. The number of phenols is 2. The fourth-order valence-electron chi connectivity index (χ4n) is 2.40. The lowest BCUT2D eigenvalue weighted by Gasteiger charge is -2.12. The Morgan fingerprint density at radius 3 is 2.48 bits per heavy atom. The van der Waals surface area contributed by atoms with Gasteiger partial charge in [-0.2, -0.15) is 0 Å². The van der Waals surface area contributed by atoms with Crippen LogP contribution in [0.15, 0.2) is 16.7 Å². The Morgan fingerprint density at radius 1 is 1.24 bits per heavy atom. The van der Waals surface area contributed by atoms with Crippen molar-refractivity contribution < 1.29 is 24.3 Å². The van der Waals surface area contributed by atoms with Gasteiger partial charge in [-0.25, -0.2) is 0 Å². The van der Waals surface area contributed by atoms with Crippen LogP contribution in [0.4, 0.5) is 5.69 Å². The molecule has 0 unspecified atom stereocenters. The van der Waals surface area contributed by atoms with Crippen LogP contribution in [-0.4, -0.2) is 33.7 Å². The first-order chi connectivity index (χ1) is 11.8. The Morgan fingerprint density at radius 2 is 1.92 bits per heavy atom. The summed E-state index contributed by atoms with van der Waals surface area (Å²) in [6.07, 6.45) is 0. The van der Waals surface area contributed by atoms with E-state index in [1.54, 1.807) is 13.0 Å². The normalized spacial score (nSPS) is 10.8. The fourth-order valence-corrected chi connectivity index (χ4v) is 2.40. The van der Waals surface area contributed by atoms with Crippen molar-refractivity contribution >= 4 is 17.5 Å². The number of carbonyl (C=O) groups is 2. The molecule has 0 atom stereocenters. The summed E-state index contributed by atoms with van der Waals surface area (Å²) in [5, 5.41) is 29.0. The van der Waals surface area contributed by atoms with E-state index in [1.165, 1.54) is 13.0 Å². The van der Waals surface area contributed by atoms with Crippen molar-refractivity contribution in [3.8, 4) is 22.8 Å². The van der Waals surface area contributed by atoms with Crippen LogP contribution in [0, 0.1) is 0 Å². The molecule has 4 N–H and O–H groups in total. The Kier molecular flexibility index (Phi) is 5.31. The van der Waals surface area contributed by atoms with E-state index >= 15 is 0 Å². The van der Waals surface area contributed by atoms with Crippen molar-refractivity contribution in [2.45, 2.75) is 33.6 Å². The standard InChI is InChI=1S/C17H21N3O5/c1-5-18-17(24)15-14(19-9(4)21)16(25-20-15)11-6-10(8(2)3)12(22)7-13(11)23/h6-8,22-23H,5H2,1-4H3,(H,18,24)(H,19,21). The average Bonchev–Trinajstić information content (AvgIpc) is 2.90. The molecule has 1 aromatic carbocycles. The number of benzene rings is 1. The lowest BCUT2D eigenvalue weighted by Crippen LogP contribution is -2.24. The minimum atomic E-state index is -0.511. The summed E-state index contributed by atoms with van der Waals surface area (Å²) in [5.74, 6) is -1.22. The van der Waals surface area contributed by atoms with E-state index < -0.39 is 11.8 Å². The third kappa shape index (κ3) is 3.73. The Bertz CT molecular complexity index is 811. The predicted octanol–water partition coefficient (Wildman–Crippen LogP) is 2.58. The van der Waals surface area contributed by atoms with Gasteiger partial charge in [0.1, 0.15) is 17.2 Å². The zero-order valence-electron chi connectivity index (χ0n) is 14.5. The average molecular weight is 347 g/mol. The highest BCUT2D eigenvalue weighted by Gasteiger charge is 2.26. The number of amides is 2. The molecule has 1 aromatic heterocycles. The monoisotopic (exact) mass is 347 g/mol. The molecule has 0 saturated heterocycles. The molecule has 8 heteroatoms. The van der Waals surface area contributed by atoms with Crippen LogP contribution in [0.2, 0.25) is 0 Å². The molecule has 134 valence electrons. The van der Waals surface area contributed by atoms with Crippen LogP contribution >= 0.6 is 0 Å².